The molecule has 1 rings (SSSR count). The van der Waals surface area contributed by atoms with Crippen molar-refractivity contribution in [3.05, 3.63) is 23.8 Å². The third kappa shape index (κ3) is 5.41. The topological polar surface area (TPSA) is 47.6 Å². The number of amides is 1. The molecule has 0 saturated carbocycles. The molecule has 1 N–H and O–H groups in total. The van der Waals surface area contributed by atoms with E-state index < -0.39 is 0 Å². The van der Waals surface area contributed by atoms with E-state index >= 15 is 0 Å². The summed E-state index contributed by atoms with van der Waals surface area (Å²) in [5, 5.41) is 2.98. The summed E-state index contributed by atoms with van der Waals surface area (Å²) in [7, 11) is 3.18. The van der Waals surface area contributed by atoms with Crippen LogP contribution in [0.2, 0.25) is 0 Å². The largest absolute Gasteiger partial charge is 0.493 e. The van der Waals surface area contributed by atoms with E-state index in [0.29, 0.717) is 22.7 Å². The summed E-state index contributed by atoms with van der Waals surface area (Å²) in [6, 6.07) is 5.66. The van der Waals surface area contributed by atoms with Gasteiger partial charge in [-0.25, -0.2) is 0 Å². The molecule has 1 amide bonds. The van der Waals surface area contributed by atoms with Crippen LogP contribution in [0.25, 0.3) is 0 Å². The average Bonchev–Trinajstić information content (AvgIpc) is 2.37. The molecule has 0 aromatic heterocycles. The first-order valence-corrected chi connectivity index (χ1v) is 7.52. The van der Waals surface area contributed by atoms with Crippen molar-refractivity contribution in [3.63, 3.8) is 0 Å². The van der Waals surface area contributed by atoms with E-state index in [2.05, 4.69) is 28.2 Å². The highest BCUT2D eigenvalue weighted by Gasteiger charge is 2.12. The van der Waals surface area contributed by atoms with Crippen molar-refractivity contribution in [2.75, 3.05) is 14.2 Å². The molecule has 2 atom stereocenters. The number of benzene rings is 1. The molecule has 0 radical (unpaired) electrons. The molecule has 0 saturated heterocycles. The summed E-state index contributed by atoms with van der Waals surface area (Å²) in [5.41, 5.74) is 0.902. The Morgan fingerprint density at radius 3 is 2.45 bits per heavy atom. The fourth-order valence-electron chi connectivity index (χ4n) is 2.05. The summed E-state index contributed by atoms with van der Waals surface area (Å²) in [4.78, 5) is 12.3. The molecule has 1 aromatic rings. The number of carbonyl (C=O) groups is 1. The Bertz CT molecular complexity index is 449. The van der Waals surface area contributed by atoms with E-state index in [1.54, 1.807) is 14.2 Å². The normalized spacial score (nSPS) is 13.4. The maximum Gasteiger partial charge on any atom is 0.224 e. The minimum absolute atomic E-state index is 0.0119. The maximum absolute atomic E-state index is 12.0. The van der Waals surface area contributed by atoms with Gasteiger partial charge in [0.2, 0.25) is 5.91 Å². The van der Waals surface area contributed by atoms with Gasteiger partial charge in [0.15, 0.2) is 11.5 Å². The number of hydrogen-bond donors (Lipinski definition) is 1. The number of rotatable bonds is 7. The molecule has 0 aliphatic rings. The van der Waals surface area contributed by atoms with Gasteiger partial charge in [-0.2, -0.15) is 0 Å². The second kappa shape index (κ2) is 8.15. The molecule has 20 heavy (non-hydrogen) atoms. The first-order valence-electron chi connectivity index (χ1n) is 6.60. The highest BCUT2D eigenvalue weighted by molar-refractivity contribution is 9.09. The van der Waals surface area contributed by atoms with Crippen LogP contribution < -0.4 is 14.8 Å². The molecule has 5 heteroatoms. The Morgan fingerprint density at radius 1 is 1.25 bits per heavy atom. The van der Waals surface area contributed by atoms with Crippen LogP contribution in [-0.4, -0.2) is 31.0 Å². The summed E-state index contributed by atoms with van der Waals surface area (Å²) < 4.78 is 10.4. The van der Waals surface area contributed by atoms with Gasteiger partial charge in [-0.05, 0) is 31.0 Å². The zero-order valence-corrected chi connectivity index (χ0v) is 14.0. The minimum atomic E-state index is 0.0119. The highest BCUT2D eigenvalue weighted by atomic mass is 79.9. The molecule has 0 aliphatic heterocycles. The Morgan fingerprint density at radius 2 is 1.90 bits per heavy atom. The third-order valence-electron chi connectivity index (χ3n) is 2.90. The number of halogens is 1. The predicted molar refractivity (Wildman–Crippen MR) is 83.9 cm³/mol. The van der Waals surface area contributed by atoms with Gasteiger partial charge in [-0.15, -0.1) is 0 Å². The van der Waals surface area contributed by atoms with Gasteiger partial charge in [-0.3, -0.25) is 4.79 Å². The molecular weight excluding hydrogens is 322 g/mol. The number of hydrogen-bond acceptors (Lipinski definition) is 3. The quantitative estimate of drug-likeness (QED) is 0.774. The van der Waals surface area contributed by atoms with Crippen LogP contribution >= 0.6 is 15.9 Å². The summed E-state index contributed by atoms with van der Waals surface area (Å²) in [6.07, 6.45) is 1.24. The zero-order valence-electron chi connectivity index (χ0n) is 12.4. The summed E-state index contributed by atoms with van der Waals surface area (Å²) in [5.74, 6) is 1.32. The van der Waals surface area contributed by atoms with Crippen LogP contribution in [0, 0.1) is 0 Å². The van der Waals surface area contributed by atoms with Crippen molar-refractivity contribution in [2.45, 2.75) is 37.6 Å². The molecule has 0 spiro atoms. The van der Waals surface area contributed by atoms with E-state index in [1.807, 2.05) is 25.1 Å². The van der Waals surface area contributed by atoms with Gasteiger partial charge in [0, 0.05) is 10.9 Å². The third-order valence-corrected chi connectivity index (χ3v) is 3.27. The van der Waals surface area contributed by atoms with Gasteiger partial charge in [0.05, 0.1) is 20.6 Å². The second-order valence-corrected chi connectivity index (χ2v) is 6.41. The van der Waals surface area contributed by atoms with Crippen molar-refractivity contribution >= 4 is 21.8 Å². The Labute approximate surface area is 129 Å². The molecule has 112 valence electrons. The van der Waals surface area contributed by atoms with Crippen molar-refractivity contribution < 1.29 is 14.3 Å². The molecule has 0 aliphatic carbocycles. The van der Waals surface area contributed by atoms with Crippen molar-refractivity contribution in [3.8, 4) is 11.5 Å². The lowest BCUT2D eigenvalue weighted by Crippen LogP contribution is -2.34. The molecule has 4 nitrogen and oxygen atoms in total. The highest BCUT2D eigenvalue weighted by Crippen LogP contribution is 2.27. The molecule has 2 unspecified atom stereocenters. The lowest BCUT2D eigenvalue weighted by Gasteiger charge is -2.15. The van der Waals surface area contributed by atoms with Gasteiger partial charge in [0.25, 0.3) is 0 Å². The lowest BCUT2D eigenvalue weighted by molar-refractivity contribution is -0.121. The molecular formula is C15H22BrNO3. The average molecular weight is 344 g/mol. The fourth-order valence-corrected chi connectivity index (χ4v) is 2.61. The van der Waals surface area contributed by atoms with E-state index in [4.69, 9.17) is 9.47 Å². The number of alkyl halides is 1. The number of nitrogens with one attached hydrogen (secondary N) is 1. The van der Waals surface area contributed by atoms with E-state index in [0.717, 1.165) is 12.0 Å². The number of ether oxygens (including phenoxy) is 2. The first kappa shape index (κ1) is 16.8. The zero-order chi connectivity index (χ0) is 15.1. The fraction of sp³-hybridized carbons (Fsp3) is 0.533. The Hall–Kier alpha value is -1.23. The van der Waals surface area contributed by atoms with Gasteiger partial charge in [-0.1, -0.05) is 28.9 Å². The van der Waals surface area contributed by atoms with Crippen LogP contribution in [-0.2, 0) is 11.2 Å². The number of methoxy groups -OCH3 is 2. The number of carbonyl (C=O) groups excluding carboxylic acids is 1. The lowest BCUT2D eigenvalue weighted by atomic mass is 10.1. The van der Waals surface area contributed by atoms with Crippen molar-refractivity contribution in [1.82, 2.24) is 5.32 Å². The Balaban J connectivity index is 2.62. The van der Waals surface area contributed by atoms with Crippen LogP contribution in [0.15, 0.2) is 18.2 Å². The minimum Gasteiger partial charge on any atom is -0.493 e. The molecule has 0 heterocycles. The SMILES string of the molecule is COc1ccc(CC(=O)NC(C)CC(C)Br)cc1OC. The molecule has 0 fully saturated rings. The predicted octanol–water partition coefficient (Wildman–Crippen LogP) is 2.92. The van der Waals surface area contributed by atoms with Crippen LogP contribution in [0.4, 0.5) is 0 Å². The van der Waals surface area contributed by atoms with Crippen LogP contribution in [0.3, 0.4) is 0 Å². The van der Waals surface area contributed by atoms with Gasteiger partial charge in [0.1, 0.15) is 0 Å². The smallest absolute Gasteiger partial charge is 0.224 e. The van der Waals surface area contributed by atoms with Crippen LogP contribution in [0.1, 0.15) is 25.8 Å². The van der Waals surface area contributed by atoms with Crippen molar-refractivity contribution in [2.24, 2.45) is 0 Å². The van der Waals surface area contributed by atoms with Crippen molar-refractivity contribution in [1.29, 1.82) is 0 Å². The van der Waals surface area contributed by atoms with E-state index in [9.17, 15) is 4.79 Å². The second-order valence-electron chi connectivity index (χ2n) is 4.85. The summed E-state index contributed by atoms with van der Waals surface area (Å²) in [6.45, 7) is 4.07. The van der Waals surface area contributed by atoms with Crippen LogP contribution in [0.5, 0.6) is 11.5 Å². The van der Waals surface area contributed by atoms with Gasteiger partial charge < -0.3 is 14.8 Å². The molecule has 1 aromatic carbocycles. The van der Waals surface area contributed by atoms with E-state index in [1.165, 1.54) is 0 Å². The first-order chi connectivity index (χ1) is 9.46. The Kier molecular flexibility index (Phi) is 6.85. The summed E-state index contributed by atoms with van der Waals surface area (Å²) >= 11 is 3.48. The maximum atomic E-state index is 12.0. The molecule has 0 bridgehead atoms. The van der Waals surface area contributed by atoms with Gasteiger partial charge >= 0.3 is 0 Å². The van der Waals surface area contributed by atoms with E-state index in [-0.39, 0.29) is 11.9 Å². The standard InChI is InChI=1S/C15H22BrNO3/c1-10(16)7-11(2)17-15(18)9-12-5-6-13(19-3)14(8-12)20-4/h5-6,8,10-11H,7,9H2,1-4H3,(H,17,18). The monoisotopic (exact) mass is 343 g/mol.